The van der Waals surface area contributed by atoms with Gasteiger partial charge in [-0.1, -0.05) is 30.3 Å². The molecule has 26 heavy (non-hydrogen) atoms. The molecule has 2 aromatic heterocycles. The van der Waals surface area contributed by atoms with E-state index in [9.17, 15) is 4.79 Å². The van der Waals surface area contributed by atoms with Crippen LogP contribution in [0, 0.1) is 6.92 Å². The first-order valence-corrected chi connectivity index (χ1v) is 8.63. The standard InChI is InChI=1S/C18H21N7O/c1-13-16(17(19)24(22-13)9-14-5-3-2-4-6-14)18(26)23-8-7-15(10-23)25-12-20-11-21-25/h2-6,11-12,15H,7-10,19H2,1H3. The second-order valence-corrected chi connectivity index (χ2v) is 6.56. The molecule has 1 aliphatic heterocycles. The smallest absolute Gasteiger partial charge is 0.259 e. The molecule has 1 unspecified atom stereocenters. The Morgan fingerprint density at radius 3 is 2.85 bits per heavy atom. The molecule has 1 amide bonds. The fourth-order valence-electron chi connectivity index (χ4n) is 3.45. The molecule has 1 saturated heterocycles. The van der Waals surface area contributed by atoms with Crippen molar-refractivity contribution in [1.29, 1.82) is 0 Å². The third-order valence-corrected chi connectivity index (χ3v) is 4.82. The molecule has 0 aliphatic carbocycles. The first-order chi connectivity index (χ1) is 12.6. The highest BCUT2D eigenvalue weighted by molar-refractivity contribution is 5.99. The number of nitrogen functional groups attached to an aromatic ring is 1. The van der Waals surface area contributed by atoms with Crippen LogP contribution in [0.1, 0.15) is 34.1 Å². The molecule has 1 fully saturated rings. The van der Waals surface area contributed by atoms with Gasteiger partial charge >= 0.3 is 0 Å². The van der Waals surface area contributed by atoms with Crippen molar-refractivity contribution in [2.24, 2.45) is 0 Å². The van der Waals surface area contributed by atoms with Gasteiger partial charge in [0, 0.05) is 13.1 Å². The topological polar surface area (TPSA) is 94.9 Å². The molecule has 1 aliphatic rings. The number of hydrogen-bond donors (Lipinski definition) is 1. The van der Waals surface area contributed by atoms with Crippen molar-refractivity contribution in [1.82, 2.24) is 29.4 Å². The van der Waals surface area contributed by atoms with Gasteiger partial charge in [-0.15, -0.1) is 0 Å². The molecular weight excluding hydrogens is 330 g/mol. The molecule has 0 saturated carbocycles. The lowest BCUT2D eigenvalue weighted by atomic mass is 10.2. The largest absolute Gasteiger partial charge is 0.383 e. The Morgan fingerprint density at radius 2 is 2.12 bits per heavy atom. The van der Waals surface area contributed by atoms with Crippen molar-refractivity contribution in [2.45, 2.75) is 25.9 Å². The Balaban J connectivity index is 1.53. The normalized spacial score (nSPS) is 17.0. The molecule has 3 aromatic rings. The lowest BCUT2D eigenvalue weighted by Gasteiger charge is -2.16. The van der Waals surface area contributed by atoms with E-state index < -0.39 is 0 Å². The first kappa shape index (κ1) is 16.3. The van der Waals surface area contributed by atoms with Crippen molar-refractivity contribution in [3.05, 3.63) is 59.8 Å². The predicted molar refractivity (Wildman–Crippen MR) is 96.5 cm³/mol. The summed E-state index contributed by atoms with van der Waals surface area (Å²) in [6.07, 6.45) is 4.06. The molecule has 1 aromatic carbocycles. The molecule has 0 bridgehead atoms. The molecule has 3 heterocycles. The van der Waals surface area contributed by atoms with Crippen LogP contribution in [0.5, 0.6) is 0 Å². The minimum absolute atomic E-state index is 0.0677. The average molecular weight is 351 g/mol. The van der Waals surface area contributed by atoms with Crippen molar-refractivity contribution in [3.63, 3.8) is 0 Å². The number of hydrogen-bond acceptors (Lipinski definition) is 5. The zero-order valence-corrected chi connectivity index (χ0v) is 14.6. The van der Waals surface area contributed by atoms with E-state index in [-0.39, 0.29) is 11.9 Å². The molecule has 1 atom stereocenters. The number of nitrogens with two attached hydrogens (primary N) is 1. The van der Waals surface area contributed by atoms with Gasteiger partial charge in [0.2, 0.25) is 0 Å². The summed E-state index contributed by atoms with van der Waals surface area (Å²) < 4.78 is 3.51. The number of aromatic nitrogens is 5. The lowest BCUT2D eigenvalue weighted by molar-refractivity contribution is 0.0787. The molecular formula is C18H21N7O. The number of carbonyl (C=O) groups excluding carboxylic acids is 1. The molecule has 8 heteroatoms. The van der Waals surface area contributed by atoms with Crippen molar-refractivity contribution in [2.75, 3.05) is 18.8 Å². The summed E-state index contributed by atoms with van der Waals surface area (Å²) in [4.78, 5) is 18.8. The molecule has 2 N–H and O–H groups in total. The molecule has 8 nitrogen and oxygen atoms in total. The fraction of sp³-hybridized carbons (Fsp3) is 0.333. The van der Waals surface area contributed by atoms with Crippen LogP contribution in [0.2, 0.25) is 0 Å². The van der Waals surface area contributed by atoms with Gasteiger partial charge in [0.05, 0.1) is 18.3 Å². The number of nitrogens with zero attached hydrogens (tertiary/aromatic N) is 6. The summed E-state index contributed by atoms with van der Waals surface area (Å²) in [6, 6.07) is 10.1. The average Bonchev–Trinajstić information content (AvgIpc) is 3.37. The van der Waals surface area contributed by atoms with E-state index in [2.05, 4.69) is 15.2 Å². The Morgan fingerprint density at radius 1 is 1.31 bits per heavy atom. The van der Waals surface area contributed by atoms with Gasteiger partial charge in [0.25, 0.3) is 5.91 Å². The molecule has 4 rings (SSSR count). The van der Waals surface area contributed by atoms with Gasteiger partial charge in [0.1, 0.15) is 24.0 Å². The monoisotopic (exact) mass is 351 g/mol. The summed E-state index contributed by atoms with van der Waals surface area (Å²) in [5.74, 6) is 0.350. The summed E-state index contributed by atoms with van der Waals surface area (Å²) in [7, 11) is 0. The van der Waals surface area contributed by atoms with Gasteiger partial charge in [-0.25, -0.2) is 14.3 Å². The predicted octanol–water partition coefficient (Wildman–Crippen LogP) is 1.50. The van der Waals surface area contributed by atoms with Gasteiger partial charge in [-0.2, -0.15) is 10.2 Å². The lowest BCUT2D eigenvalue weighted by Crippen LogP contribution is -2.30. The number of aryl methyl sites for hydroxylation is 1. The van der Waals surface area contributed by atoms with Crippen molar-refractivity contribution in [3.8, 4) is 0 Å². The summed E-state index contributed by atoms with van der Waals surface area (Å²) in [5, 5.41) is 8.66. The SMILES string of the molecule is Cc1nn(Cc2ccccc2)c(N)c1C(=O)N1CCC(n2cncn2)C1. The highest BCUT2D eigenvalue weighted by Crippen LogP contribution is 2.25. The van der Waals surface area contributed by atoms with Crippen LogP contribution in [0.3, 0.4) is 0 Å². The number of amides is 1. The highest BCUT2D eigenvalue weighted by atomic mass is 16.2. The van der Waals surface area contributed by atoms with E-state index in [1.54, 1.807) is 11.0 Å². The maximum atomic E-state index is 13.0. The highest BCUT2D eigenvalue weighted by Gasteiger charge is 2.31. The van der Waals surface area contributed by atoms with E-state index >= 15 is 0 Å². The minimum atomic E-state index is -0.0677. The van der Waals surface area contributed by atoms with Crippen molar-refractivity contribution < 1.29 is 4.79 Å². The number of anilines is 1. The Kier molecular flexibility index (Phi) is 4.16. The maximum Gasteiger partial charge on any atom is 0.259 e. The minimum Gasteiger partial charge on any atom is -0.383 e. The Hall–Kier alpha value is -3.16. The Labute approximate surface area is 151 Å². The van der Waals surface area contributed by atoms with Crippen LogP contribution in [-0.2, 0) is 6.54 Å². The summed E-state index contributed by atoms with van der Waals surface area (Å²) >= 11 is 0. The van der Waals surface area contributed by atoms with E-state index in [0.717, 1.165) is 12.0 Å². The van der Waals surface area contributed by atoms with Gasteiger partial charge < -0.3 is 10.6 Å². The zero-order chi connectivity index (χ0) is 18.1. The van der Waals surface area contributed by atoms with Crippen LogP contribution >= 0.6 is 0 Å². The van der Waals surface area contributed by atoms with E-state index in [0.29, 0.717) is 36.7 Å². The summed E-state index contributed by atoms with van der Waals surface area (Å²) in [5.41, 5.74) is 8.53. The van der Waals surface area contributed by atoms with Crippen LogP contribution < -0.4 is 5.73 Å². The quantitative estimate of drug-likeness (QED) is 0.769. The number of likely N-dealkylation sites (tertiary alicyclic amines) is 1. The number of benzene rings is 1. The van der Waals surface area contributed by atoms with Crippen molar-refractivity contribution >= 4 is 11.7 Å². The number of rotatable bonds is 4. The summed E-state index contributed by atoms with van der Waals surface area (Å²) in [6.45, 7) is 3.65. The number of carbonyl (C=O) groups is 1. The first-order valence-electron chi connectivity index (χ1n) is 8.63. The third-order valence-electron chi connectivity index (χ3n) is 4.82. The second kappa shape index (κ2) is 6.62. The maximum absolute atomic E-state index is 13.0. The molecule has 134 valence electrons. The van der Waals surface area contributed by atoms with Gasteiger partial charge in [-0.3, -0.25) is 4.79 Å². The van der Waals surface area contributed by atoms with Crippen LogP contribution in [-0.4, -0.2) is 48.4 Å². The fourth-order valence-corrected chi connectivity index (χ4v) is 3.45. The third kappa shape index (κ3) is 2.94. The Bertz CT molecular complexity index is 901. The molecule has 0 radical (unpaired) electrons. The van der Waals surface area contributed by atoms with E-state index in [1.165, 1.54) is 6.33 Å². The van der Waals surface area contributed by atoms with Gasteiger partial charge in [0.15, 0.2) is 0 Å². The van der Waals surface area contributed by atoms with Crippen LogP contribution in [0.25, 0.3) is 0 Å². The molecule has 0 spiro atoms. The zero-order valence-electron chi connectivity index (χ0n) is 14.6. The van der Waals surface area contributed by atoms with Crippen LogP contribution in [0.15, 0.2) is 43.0 Å². The van der Waals surface area contributed by atoms with E-state index in [1.807, 2.05) is 46.8 Å². The van der Waals surface area contributed by atoms with E-state index in [4.69, 9.17) is 5.73 Å². The van der Waals surface area contributed by atoms with Gasteiger partial charge in [-0.05, 0) is 18.9 Å². The second-order valence-electron chi connectivity index (χ2n) is 6.56. The van der Waals surface area contributed by atoms with Crippen LogP contribution in [0.4, 0.5) is 5.82 Å².